The highest BCUT2D eigenvalue weighted by molar-refractivity contribution is 5.91. The van der Waals surface area contributed by atoms with E-state index in [1.165, 1.54) is 5.06 Å². The van der Waals surface area contributed by atoms with E-state index < -0.39 is 0 Å². The molecule has 0 saturated carbocycles. The van der Waals surface area contributed by atoms with Gasteiger partial charge in [-0.15, -0.1) is 0 Å². The minimum Gasteiger partial charge on any atom is -0.486 e. The topological polar surface area (TPSA) is 60.0 Å². The average molecular weight is 264 g/mol. The highest BCUT2D eigenvalue weighted by Crippen LogP contribution is 2.37. The van der Waals surface area contributed by atoms with Gasteiger partial charge in [0.1, 0.15) is 13.2 Å². The van der Waals surface area contributed by atoms with Crippen molar-refractivity contribution >= 4 is 11.7 Å². The Balaban J connectivity index is 1.74. The maximum absolute atomic E-state index is 12.0. The summed E-state index contributed by atoms with van der Waals surface area (Å²) < 4.78 is 11.0. The average Bonchev–Trinajstić information content (AvgIpc) is 2.48. The zero-order chi connectivity index (χ0) is 13.1. The lowest BCUT2D eigenvalue weighted by Gasteiger charge is -2.27. The summed E-state index contributed by atoms with van der Waals surface area (Å²) in [4.78, 5) is 17.4. The van der Waals surface area contributed by atoms with E-state index in [4.69, 9.17) is 14.3 Å². The van der Waals surface area contributed by atoms with Crippen LogP contribution in [0, 0.1) is 0 Å². The van der Waals surface area contributed by atoms with Gasteiger partial charge in [-0.2, -0.15) is 0 Å². The second-order valence-electron chi connectivity index (χ2n) is 4.40. The first-order valence-corrected chi connectivity index (χ1v) is 6.44. The maximum atomic E-state index is 12.0. The third-order valence-electron chi connectivity index (χ3n) is 3.04. The molecular formula is C13H16N2O4. The van der Waals surface area contributed by atoms with Crippen LogP contribution in [0.5, 0.6) is 11.5 Å². The van der Waals surface area contributed by atoms with Crippen LogP contribution in [-0.2, 0) is 4.84 Å². The second kappa shape index (κ2) is 5.36. The van der Waals surface area contributed by atoms with Crippen molar-refractivity contribution in [2.45, 2.75) is 12.8 Å². The van der Waals surface area contributed by atoms with Gasteiger partial charge >= 0.3 is 6.03 Å². The number of para-hydroxylation sites is 1. The second-order valence-corrected chi connectivity index (χ2v) is 4.40. The van der Waals surface area contributed by atoms with Crippen LogP contribution in [0.3, 0.4) is 0 Å². The van der Waals surface area contributed by atoms with Crippen molar-refractivity contribution in [3.63, 3.8) is 0 Å². The Labute approximate surface area is 111 Å². The number of rotatable bonds is 1. The number of nitrogens with one attached hydrogen (secondary N) is 1. The zero-order valence-electron chi connectivity index (χ0n) is 10.6. The summed E-state index contributed by atoms with van der Waals surface area (Å²) in [6.45, 7) is 2.21. The zero-order valence-corrected chi connectivity index (χ0v) is 10.6. The molecule has 19 heavy (non-hydrogen) atoms. The summed E-state index contributed by atoms with van der Waals surface area (Å²) in [5.74, 6) is 1.24. The van der Waals surface area contributed by atoms with E-state index >= 15 is 0 Å². The molecule has 2 aliphatic heterocycles. The summed E-state index contributed by atoms with van der Waals surface area (Å²) >= 11 is 0. The minimum atomic E-state index is -0.276. The van der Waals surface area contributed by atoms with Crippen molar-refractivity contribution < 1.29 is 19.1 Å². The van der Waals surface area contributed by atoms with Crippen LogP contribution >= 0.6 is 0 Å². The van der Waals surface area contributed by atoms with E-state index in [1.54, 1.807) is 6.07 Å². The monoisotopic (exact) mass is 264 g/mol. The van der Waals surface area contributed by atoms with Crippen LogP contribution in [0.4, 0.5) is 10.5 Å². The molecule has 1 fully saturated rings. The summed E-state index contributed by atoms with van der Waals surface area (Å²) in [6, 6.07) is 5.15. The van der Waals surface area contributed by atoms with Crippen molar-refractivity contribution in [3.05, 3.63) is 18.2 Å². The van der Waals surface area contributed by atoms with Crippen LogP contribution in [-0.4, -0.2) is 37.5 Å². The molecule has 1 N–H and O–H groups in total. The van der Waals surface area contributed by atoms with Gasteiger partial charge in [0.05, 0.1) is 18.8 Å². The predicted octanol–water partition coefficient (Wildman–Crippen LogP) is 2.02. The fourth-order valence-electron chi connectivity index (χ4n) is 2.11. The lowest BCUT2D eigenvalue weighted by molar-refractivity contribution is -0.135. The standard InChI is InChI=1S/C13H16N2O4/c16-13(15-6-1-2-7-19-15)14-10-4-3-5-11-12(10)18-9-8-17-11/h3-5H,1-2,6-9H2,(H,14,16). The molecule has 0 bridgehead atoms. The predicted molar refractivity (Wildman–Crippen MR) is 68.3 cm³/mol. The molecule has 6 nitrogen and oxygen atoms in total. The first kappa shape index (κ1) is 12.1. The van der Waals surface area contributed by atoms with Crippen LogP contribution in [0.25, 0.3) is 0 Å². The summed E-state index contributed by atoms with van der Waals surface area (Å²) in [6.07, 6.45) is 1.95. The molecule has 0 radical (unpaired) electrons. The molecule has 0 aromatic heterocycles. The molecule has 3 rings (SSSR count). The Hall–Kier alpha value is -1.95. The van der Waals surface area contributed by atoms with Crippen molar-refractivity contribution in [1.82, 2.24) is 5.06 Å². The number of ether oxygens (including phenoxy) is 2. The van der Waals surface area contributed by atoms with E-state index in [-0.39, 0.29) is 6.03 Å². The number of urea groups is 1. The van der Waals surface area contributed by atoms with Gasteiger partial charge in [0.15, 0.2) is 11.5 Å². The fraction of sp³-hybridized carbons (Fsp3) is 0.462. The highest BCUT2D eigenvalue weighted by atomic mass is 16.7. The molecule has 0 unspecified atom stereocenters. The number of anilines is 1. The molecule has 2 aliphatic rings. The van der Waals surface area contributed by atoms with Crippen LogP contribution in [0.15, 0.2) is 18.2 Å². The molecule has 1 aromatic rings. The number of hydroxylamine groups is 2. The number of carbonyl (C=O) groups is 1. The van der Waals surface area contributed by atoms with Crippen molar-refractivity contribution in [2.75, 3.05) is 31.7 Å². The van der Waals surface area contributed by atoms with Crippen molar-refractivity contribution in [3.8, 4) is 11.5 Å². The van der Waals surface area contributed by atoms with E-state index in [1.807, 2.05) is 12.1 Å². The Kier molecular flexibility index (Phi) is 3.41. The van der Waals surface area contributed by atoms with E-state index in [0.29, 0.717) is 43.6 Å². The van der Waals surface area contributed by atoms with E-state index in [9.17, 15) is 4.79 Å². The normalized spacial score (nSPS) is 18.0. The third-order valence-corrected chi connectivity index (χ3v) is 3.04. The lowest BCUT2D eigenvalue weighted by atomic mass is 10.2. The molecule has 0 aliphatic carbocycles. The number of hydrogen-bond donors (Lipinski definition) is 1. The SMILES string of the molecule is O=C(Nc1cccc2c1OCCO2)N1CCCCO1. The molecule has 2 heterocycles. The number of nitrogens with zero attached hydrogens (tertiary/aromatic N) is 1. The number of amides is 2. The van der Waals surface area contributed by atoms with Crippen LogP contribution < -0.4 is 14.8 Å². The van der Waals surface area contributed by atoms with Gasteiger partial charge in [0, 0.05) is 0 Å². The maximum Gasteiger partial charge on any atom is 0.345 e. The van der Waals surface area contributed by atoms with Crippen molar-refractivity contribution in [2.24, 2.45) is 0 Å². The van der Waals surface area contributed by atoms with Gasteiger partial charge in [0.2, 0.25) is 0 Å². The number of carbonyl (C=O) groups excluding carboxylic acids is 1. The van der Waals surface area contributed by atoms with Crippen LogP contribution in [0.2, 0.25) is 0 Å². The lowest BCUT2D eigenvalue weighted by Crippen LogP contribution is -2.38. The highest BCUT2D eigenvalue weighted by Gasteiger charge is 2.21. The first-order valence-electron chi connectivity index (χ1n) is 6.44. The quantitative estimate of drug-likeness (QED) is 0.843. The molecule has 6 heteroatoms. The van der Waals surface area contributed by atoms with Gasteiger partial charge < -0.3 is 14.8 Å². The molecule has 0 atom stereocenters. The molecule has 2 amide bonds. The summed E-state index contributed by atoms with van der Waals surface area (Å²) in [5.41, 5.74) is 0.608. The fourth-order valence-corrected chi connectivity index (χ4v) is 2.11. The van der Waals surface area contributed by atoms with E-state index in [2.05, 4.69) is 5.32 Å². The van der Waals surface area contributed by atoms with Gasteiger partial charge in [-0.05, 0) is 25.0 Å². The van der Waals surface area contributed by atoms with Gasteiger partial charge in [-0.25, -0.2) is 9.86 Å². The molecule has 102 valence electrons. The number of hydrogen-bond acceptors (Lipinski definition) is 4. The van der Waals surface area contributed by atoms with Gasteiger partial charge in [-0.1, -0.05) is 6.07 Å². The van der Waals surface area contributed by atoms with Gasteiger partial charge in [-0.3, -0.25) is 4.84 Å². The van der Waals surface area contributed by atoms with Gasteiger partial charge in [0.25, 0.3) is 0 Å². The minimum absolute atomic E-state index is 0.276. The smallest absolute Gasteiger partial charge is 0.345 e. The largest absolute Gasteiger partial charge is 0.486 e. The van der Waals surface area contributed by atoms with Crippen molar-refractivity contribution in [1.29, 1.82) is 0 Å². The van der Waals surface area contributed by atoms with Crippen LogP contribution in [0.1, 0.15) is 12.8 Å². The molecule has 1 aromatic carbocycles. The van der Waals surface area contributed by atoms with E-state index in [0.717, 1.165) is 12.8 Å². The molecule has 1 saturated heterocycles. The summed E-state index contributed by atoms with van der Waals surface area (Å²) in [7, 11) is 0. The third kappa shape index (κ3) is 2.58. The Morgan fingerprint density at radius 3 is 2.89 bits per heavy atom. The molecule has 0 spiro atoms. The number of benzene rings is 1. The number of fused-ring (bicyclic) bond motifs is 1. The molecular weight excluding hydrogens is 248 g/mol. The summed E-state index contributed by atoms with van der Waals surface area (Å²) in [5, 5.41) is 4.15. The Morgan fingerprint density at radius 2 is 2.05 bits per heavy atom. The first-order chi connectivity index (χ1) is 9.34. The Bertz CT molecular complexity index is 472. The Morgan fingerprint density at radius 1 is 1.16 bits per heavy atom.